The number of hydrogen-bond acceptors (Lipinski definition) is 3. The Kier molecular flexibility index (Phi) is 5.29. The van der Waals surface area contributed by atoms with Crippen molar-refractivity contribution in [1.82, 2.24) is 5.32 Å². The molecule has 1 N–H and O–H groups in total. The van der Waals surface area contributed by atoms with Gasteiger partial charge in [-0.25, -0.2) is 0 Å². The summed E-state index contributed by atoms with van der Waals surface area (Å²) in [6, 6.07) is 3.77. The Balaban J connectivity index is 2.09. The highest BCUT2D eigenvalue weighted by Crippen LogP contribution is 2.37. The average molecular weight is 342 g/mol. The first-order valence-electron chi connectivity index (χ1n) is 7.00. The van der Waals surface area contributed by atoms with E-state index in [0.29, 0.717) is 19.6 Å². The van der Waals surface area contributed by atoms with Gasteiger partial charge < -0.3 is 14.8 Å². The number of fused-ring (bicyclic) bond motifs is 1. The first kappa shape index (κ1) is 15.2. The van der Waals surface area contributed by atoms with E-state index < -0.39 is 0 Å². The molecule has 110 valence electrons. The average Bonchev–Trinajstić information content (AvgIpc) is 2.44. The molecular formula is C15H20BrNO3. The van der Waals surface area contributed by atoms with Gasteiger partial charge in [-0.1, -0.05) is 29.3 Å². The SMILES string of the molecule is CCCCC(=O)NC(C)c1cc2c(cc1Br)OCCO2. The van der Waals surface area contributed by atoms with E-state index in [-0.39, 0.29) is 11.9 Å². The van der Waals surface area contributed by atoms with Gasteiger partial charge in [-0.05, 0) is 31.0 Å². The van der Waals surface area contributed by atoms with E-state index in [4.69, 9.17) is 9.47 Å². The summed E-state index contributed by atoms with van der Waals surface area (Å²) in [6.07, 6.45) is 2.51. The molecule has 1 atom stereocenters. The van der Waals surface area contributed by atoms with Crippen LogP contribution >= 0.6 is 15.9 Å². The van der Waals surface area contributed by atoms with Crippen molar-refractivity contribution in [1.29, 1.82) is 0 Å². The third-order valence-electron chi connectivity index (χ3n) is 3.26. The van der Waals surface area contributed by atoms with Crippen LogP contribution < -0.4 is 14.8 Å². The topological polar surface area (TPSA) is 47.6 Å². The number of carbonyl (C=O) groups is 1. The summed E-state index contributed by atoms with van der Waals surface area (Å²) in [5, 5.41) is 3.01. The third kappa shape index (κ3) is 3.66. The Morgan fingerprint density at radius 2 is 2.00 bits per heavy atom. The van der Waals surface area contributed by atoms with Gasteiger partial charge in [0.1, 0.15) is 13.2 Å². The zero-order chi connectivity index (χ0) is 14.5. The number of halogens is 1. The van der Waals surface area contributed by atoms with Crippen molar-refractivity contribution in [2.45, 2.75) is 39.2 Å². The molecule has 5 heteroatoms. The Morgan fingerprint density at radius 3 is 2.65 bits per heavy atom. The maximum atomic E-state index is 11.8. The van der Waals surface area contributed by atoms with E-state index in [2.05, 4.69) is 28.2 Å². The van der Waals surface area contributed by atoms with Gasteiger partial charge in [0.25, 0.3) is 0 Å². The fourth-order valence-electron chi connectivity index (χ4n) is 2.14. The number of hydrogen-bond donors (Lipinski definition) is 1. The molecule has 1 aliphatic rings. The van der Waals surface area contributed by atoms with Gasteiger partial charge in [0.05, 0.1) is 6.04 Å². The molecule has 1 unspecified atom stereocenters. The quantitative estimate of drug-likeness (QED) is 0.890. The van der Waals surface area contributed by atoms with Crippen molar-refractivity contribution < 1.29 is 14.3 Å². The largest absolute Gasteiger partial charge is 0.486 e. The molecule has 1 aromatic rings. The minimum atomic E-state index is -0.0652. The lowest BCUT2D eigenvalue weighted by Gasteiger charge is -2.22. The maximum absolute atomic E-state index is 11.8. The fraction of sp³-hybridized carbons (Fsp3) is 0.533. The zero-order valence-electron chi connectivity index (χ0n) is 11.9. The zero-order valence-corrected chi connectivity index (χ0v) is 13.5. The van der Waals surface area contributed by atoms with E-state index >= 15 is 0 Å². The van der Waals surface area contributed by atoms with E-state index in [1.165, 1.54) is 0 Å². The van der Waals surface area contributed by atoms with Crippen LogP contribution in [0.4, 0.5) is 0 Å². The van der Waals surface area contributed by atoms with Crippen molar-refractivity contribution in [3.05, 3.63) is 22.2 Å². The number of amides is 1. The predicted molar refractivity (Wildman–Crippen MR) is 81.2 cm³/mol. The van der Waals surface area contributed by atoms with E-state index in [1.54, 1.807) is 0 Å². The summed E-state index contributed by atoms with van der Waals surface area (Å²) in [5.74, 6) is 1.57. The molecule has 0 spiro atoms. The molecule has 0 bridgehead atoms. The van der Waals surface area contributed by atoms with Crippen LogP contribution in [0.1, 0.15) is 44.7 Å². The molecule has 4 nitrogen and oxygen atoms in total. The Labute approximate surface area is 128 Å². The minimum absolute atomic E-state index is 0.0652. The molecule has 1 aromatic carbocycles. The molecule has 0 aromatic heterocycles. The van der Waals surface area contributed by atoms with Crippen LogP contribution in [0.2, 0.25) is 0 Å². The Hall–Kier alpha value is -1.23. The lowest BCUT2D eigenvalue weighted by atomic mass is 10.1. The maximum Gasteiger partial charge on any atom is 0.220 e. The Morgan fingerprint density at radius 1 is 1.35 bits per heavy atom. The number of carbonyl (C=O) groups excluding carboxylic acids is 1. The molecule has 1 heterocycles. The van der Waals surface area contributed by atoms with Crippen LogP contribution in [-0.4, -0.2) is 19.1 Å². The van der Waals surface area contributed by atoms with Gasteiger partial charge in [0, 0.05) is 10.9 Å². The lowest BCUT2D eigenvalue weighted by molar-refractivity contribution is -0.121. The summed E-state index contributed by atoms with van der Waals surface area (Å²) in [6.45, 7) is 5.18. The highest BCUT2D eigenvalue weighted by Gasteiger charge is 2.19. The van der Waals surface area contributed by atoms with Crippen LogP contribution in [0.5, 0.6) is 11.5 Å². The van der Waals surface area contributed by atoms with Gasteiger partial charge in [0.2, 0.25) is 5.91 Å². The second-order valence-electron chi connectivity index (χ2n) is 4.91. The first-order valence-corrected chi connectivity index (χ1v) is 7.79. The van der Waals surface area contributed by atoms with Crippen LogP contribution in [0.15, 0.2) is 16.6 Å². The van der Waals surface area contributed by atoms with Crippen molar-refractivity contribution in [2.24, 2.45) is 0 Å². The van der Waals surface area contributed by atoms with Crippen LogP contribution in [-0.2, 0) is 4.79 Å². The third-order valence-corrected chi connectivity index (χ3v) is 3.95. The van der Waals surface area contributed by atoms with Gasteiger partial charge in [-0.15, -0.1) is 0 Å². The fourth-order valence-corrected chi connectivity index (χ4v) is 2.81. The molecule has 20 heavy (non-hydrogen) atoms. The molecule has 0 fully saturated rings. The highest BCUT2D eigenvalue weighted by molar-refractivity contribution is 9.10. The second kappa shape index (κ2) is 6.97. The summed E-state index contributed by atoms with van der Waals surface area (Å²) >= 11 is 3.53. The second-order valence-corrected chi connectivity index (χ2v) is 5.76. The molecule has 1 aliphatic heterocycles. The Bertz CT molecular complexity index is 490. The van der Waals surface area contributed by atoms with Gasteiger partial charge in [-0.3, -0.25) is 4.79 Å². The lowest BCUT2D eigenvalue weighted by Crippen LogP contribution is -2.26. The number of benzene rings is 1. The van der Waals surface area contributed by atoms with Crippen molar-refractivity contribution in [3.63, 3.8) is 0 Å². The van der Waals surface area contributed by atoms with E-state index in [0.717, 1.165) is 34.4 Å². The first-order chi connectivity index (χ1) is 9.61. The van der Waals surface area contributed by atoms with Crippen molar-refractivity contribution in [3.8, 4) is 11.5 Å². The summed E-state index contributed by atoms with van der Waals surface area (Å²) < 4.78 is 12.0. The molecule has 0 aliphatic carbocycles. The van der Waals surface area contributed by atoms with Crippen LogP contribution in [0.3, 0.4) is 0 Å². The predicted octanol–water partition coefficient (Wildman–Crippen LogP) is 3.59. The normalized spacial score (nSPS) is 14.8. The van der Waals surface area contributed by atoms with E-state index in [9.17, 15) is 4.79 Å². The monoisotopic (exact) mass is 341 g/mol. The van der Waals surface area contributed by atoms with Gasteiger partial charge in [-0.2, -0.15) is 0 Å². The van der Waals surface area contributed by atoms with Crippen LogP contribution in [0.25, 0.3) is 0 Å². The van der Waals surface area contributed by atoms with Crippen LogP contribution in [0, 0.1) is 0 Å². The van der Waals surface area contributed by atoms with Gasteiger partial charge >= 0.3 is 0 Å². The number of unbranched alkanes of at least 4 members (excludes halogenated alkanes) is 1. The molecule has 2 rings (SSSR count). The molecule has 1 amide bonds. The molecule has 0 saturated heterocycles. The minimum Gasteiger partial charge on any atom is -0.486 e. The molecule has 0 radical (unpaired) electrons. The summed E-state index contributed by atoms with van der Waals surface area (Å²) in [5.41, 5.74) is 0.999. The van der Waals surface area contributed by atoms with Crippen molar-refractivity contribution >= 4 is 21.8 Å². The number of nitrogens with one attached hydrogen (secondary N) is 1. The molecular weight excluding hydrogens is 322 g/mol. The highest BCUT2D eigenvalue weighted by atomic mass is 79.9. The summed E-state index contributed by atoms with van der Waals surface area (Å²) in [7, 11) is 0. The molecule has 0 saturated carbocycles. The number of ether oxygens (including phenoxy) is 2. The van der Waals surface area contributed by atoms with E-state index in [1.807, 2.05) is 19.1 Å². The van der Waals surface area contributed by atoms with Crippen molar-refractivity contribution in [2.75, 3.05) is 13.2 Å². The standard InChI is InChI=1S/C15H20BrNO3/c1-3-4-5-15(18)17-10(2)11-8-13-14(9-12(11)16)20-7-6-19-13/h8-10H,3-7H2,1-2H3,(H,17,18). The van der Waals surface area contributed by atoms with Gasteiger partial charge in [0.15, 0.2) is 11.5 Å². The number of rotatable bonds is 5. The summed E-state index contributed by atoms with van der Waals surface area (Å²) in [4.78, 5) is 11.8. The smallest absolute Gasteiger partial charge is 0.220 e.